The Hall–Kier alpha value is -0.723. The maximum Gasteiger partial charge on any atom is 0.160 e. The smallest absolute Gasteiger partial charge is 0.160 e. The molecule has 0 fully saturated rings. The molecule has 0 bridgehead atoms. The highest BCUT2D eigenvalue weighted by Crippen LogP contribution is 2.27. The van der Waals surface area contributed by atoms with E-state index in [4.69, 9.17) is 4.74 Å². The fourth-order valence-electron chi connectivity index (χ4n) is 2.44. The van der Waals surface area contributed by atoms with Crippen molar-refractivity contribution in [1.82, 2.24) is 14.5 Å². The summed E-state index contributed by atoms with van der Waals surface area (Å²) in [6.45, 7) is 15.2. The molecule has 4 nitrogen and oxygen atoms in total. The summed E-state index contributed by atoms with van der Waals surface area (Å²) in [6, 6.07) is 1.18. The highest BCUT2D eigenvalue weighted by atomic mass is 79.9. The van der Waals surface area contributed by atoms with Gasteiger partial charge in [0.25, 0.3) is 0 Å². The fourth-order valence-corrected chi connectivity index (χ4v) is 3.47. The van der Waals surface area contributed by atoms with E-state index in [1.54, 1.807) is 6.20 Å². The van der Waals surface area contributed by atoms with Crippen molar-refractivity contribution in [2.75, 3.05) is 6.61 Å². The predicted molar refractivity (Wildman–Crippen MR) is 102 cm³/mol. The highest BCUT2D eigenvalue weighted by Gasteiger charge is 2.18. The third-order valence-corrected chi connectivity index (χ3v) is 5.65. The number of hydrogen-bond donors (Lipinski definition) is 0. The van der Waals surface area contributed by atoms with Crippen molar-refractivity contribution in [3.05, 3.63) is 22.6 Å². The maximum atomic E-state index is 5.90. The molecule has 2 aromatic rings. The average molecular weight is 398 g/mol. The Morgan fingerprint density at radius 1 is 1.26 bits per heavy atom. The first kappa shape index (κ1) is 18.6. The van der Waals surface area contributed by atoms with Crippen LogP contribution in [0.5, 0.6) is 0 Å². The van der Waals surface area contributed by atoms with Gasteiger partial charge in [0, 0.05) is 20.9 Å². The second kappa shape index (κ2) is 7.03. The van der Waals surface area contributed by atoms with E-state index in [0.29, 0.717) is 6.73 Å². The third kappa shape index (κ3) is 5.69. The number of rotatable bonds is 6. The van der Waals surface area contributed by atoms with Gasteiger partial charge in [-0.2, -0.15) is 0 Å². The lowest BCUT2D eigenvalue weighted by molar-refractivity contribution is 0.0897. The Kier molecular flexibility index (Phi) is 5.69. The Bertz CT molecular complexity index is 671. The van der Waals surface area contributed by atoms with Crippen molar-refractivity contribution in [3.63, 3.8) is 0 Å². The van der Waals surface area contributed by atoms with Crippen molar-refractivity contribution in [3.8, 4) is 0 Å². The van der Waals surface area contributed by atoms with Crippen LogP contribution in [-0.4, -0.2) is 29.2 Å². The molecule has 0 N–H and O–H groups in total. The van der Waals surface area contributed by atoms with E-state index in [1.165, 1.54) is 11.6 Å². The Balaban J connectivity index is 2.19. The molecule has 2 aromatic heterocycles. The molecule has 128 valence electrons. The molecule has 2 rings (SSSR count). The maximum absolute atomic E-state index is 5.90. The molecular formula is C17H28BrN3OSi. The summed E-state index contributed by atoms with van der Waals surface area (Å²) in [5, 5.41) is 0. The van der Waals surface area contributed by atoms with Crippen LogP contribution in [0.3, 0.4) is 0 Å². The molecule has 0 saturated carbocycles. The van der Waals surface area contributed by atoms with Gasteiger partial charge in [0.2, 0.25) is 0 Å². The van der Waals surface area contributed by atoms with Crippen LogP contribution in [-0.2, 0) is 17.9 Å². The summed E-state index contributed by atoms with van der Waals surface area (Å²) in [5.74, 6) is 0. The van der Waals surface area contributed by atoms with Crippen molar-refractivity contribution in [2.45, 2.75) is 59.6 Å². The number of hydrogen-bond acceptors (Lipinski definition) is 3. The van der Waals surface area contributed by atoms with Gasteiger partial charge in [0.15, 0.2) is 5.65 Å². The lowest BCUT2D eigenvalue weighted by Crippen LogP contribution is -2.22. The van der Waals surface area contributed by atoms with Crippen LogP contribution < -0.4 is 0 Å². The van der Waals surface area contributed by atoms with Crippen LogP contribution in [0.25, 0.3) is 11.2 Å². The van der Waals surface area contributed by atoms with Gasteiger partial charge in [0.05, 0.1) is 6.20 Å². The first-order valence-corrected chi connectivity index (χ1v) is 12.6. The summed E-state index contributed by atoms with van der Waals surface area (Å²) in [4.78, 5) is 9.17. The molecule has 0 spiro atoms. The molecule has 0 atom stereocenters. The van der Waals surface area contributed by atoms with Gasteiger partial charge in [-0.3, -0.25) is 0 Å². The molecule has 2 heterocycles. The second-order valence-corrected chi connectivity index (χ2v) is 15.0. The molecule has 0 amide bonds. The minimum atomic E-state index is -1.05. The van der Waals surface area contributed by atoms with Crippen LogP contribution in [0.1, 0.15) is 26.3 Å². The van der Waals surface area contributed by atoms with E-state index in [-0.39, 0.29) is 5.41 Å². The van der Waals surface area contributed by atoms with Gasteiger partial charge in [-0.1, -0.05) is 40.4 Å². The zero-order valence-corrected chi connectivity index (χ0v) is 17.7. The van der Waals surface area contributed by atoms with Gasteiger partial charge in [0.1, 0.15) is 16.9 Å². The van der Waals surface area contributed by atoms with Crippen molar-refractivity contribution >= 4 is 35.2 Å². The minimum absolute atomic E-state index is 0.210. The Morgan fingerprint density at radius 3 is 2.57 bits per heavy atom. The first-order chi connectivity index (χ1) is 10.6. The SMILES string of the molecule is CC(C)(C)Cc1cn(COCC[Si](C)(C)C)c2ncc(Br)nc12. The van der Waals surface area contributed by atoms with Crippen molar-refractivity contribution in [1.29, 1.82) is 0 Å². The highest BCUT2D eigenvalue weighted by molar-refractivity contribution is 9.10. The van der Waals surface area contributed by atoms with Crippen LogP contribution in [0.15, 0.2) is 17.0 Å². The molecule has 0 aliphatic carbocycles. The summed E-state index contributed by atoms with van der Waals surface area (Å²) >= 11 is 3.43. The lowest BCUT2D eigenvalue weighted by Gasteiger charge is -2.17. The monoisotopic (exact) mass is 397 g/mol. The number of halogens is 1. The van der Waals surface area contributed by atoms with Gasteiger partial charge in [-0.15, -0.1) is 0 Å². The van der Waals surface area contributed by atoms with Crippen LogP contribution in [0.2, 0.25) is 25.7 Å². The van der Waals surface area contributed by atoms with E-state index in [9.17, 15) is 0 Å². The standard InChI is InChI=1S/C17H28BrN3OSi/c1-17(2,3)9-13-11-21(12-22-7-8-23(4,5)6)16-15(13)20-14(18)10-19-16/h10-11H,7-9,12H2,1-6H3. The summed E-state index contributed by atoms with van der Waals surface area (Å²) in [7, 11) is -1.05. The predicted octanol–water partition coefficient (Wildman–Crippen LogP) is 5.09. The van der Waals surface area contributed by atoms with E-state index < -0.39 is 8.07 Å². The average Bonchev–Trinajstić information content (AvgIpc) is 2.69. The topological polar surface area (TPSA) is 39.9 Å². The number of ether oxygens (including phenoxy) is 1. The lowest BCUT2D eigenvalue weighted by atomic mass is 9.89. The van der Waals surface area contributed by atoms with Gasteiger partial charge in [-0.25, -0.2) is 9.97 Å². The fraction of sp³-hybridized carbons (Fsp3) is 0.647. The Morgan fingerprint density at radius 2 is 1.96 bits per heavy atom. The van der Waals surface area contributed by atoms with Crippen LogP contribution >= 0.6 is 15.9 Å². The summed E-state index contributed by atoms with van der Waals surface area (Å²) in [5.41, 5.74) is 3.32. The molecule has 0 aliphatic heterocycles. The van der Waals surface area contributed by atoms with E-state index in [0.717, 1.165) is 28.8 Å². The van der Waals surface area contributed by atoms with E-state index >= 15 is 0 Å². The molecule has 0 radical (unpaired) electrons. The van der Waals surface area contributed by atoms with Crippen molar-refractivity contribution in [2.24, 2.45) is 5.41 Å². The molecular weight excluding hydrogens is 370 g/mol. The third-order valence-electron chi connectivity index (χ3n) is 3.56. The van der Waals surface area contributed by atoms with E-state index in [1.807, 2.05) is 0 Å². The molecule has 0 aliphatic rings. The Labute approximate surface area is 148 Å². The van der Waals surface area contributed by atoms with Gasteiger partial charge in [-0.05, 0) is 39.4 Å². The van der Waals surface area contributed by atoms with Crippen LogP contribution in [0, 0.1) is 5.41 Å². The molecule has 6 heteroatoms. The van der Waals surface area contributed by atoms with Gasteiger partial charge >= 0.3 is 0 Å². The van der Waals surface area contributed by atoms with E-state index in [2.05, 4.69) is 77.1 Å². The zero-order chi connectivity index (χ0) is 17.3. The molecule has 0 saturated heterocycles. The largest absolute Gasteiger partial charge is 0.361 e. The summed E-state index contributed by atoms with van der Waals surface area (Å²) < 4.78 is 8.75. The molecule has 0 aromatic carbocycles. The number of nitrogens with zero attached hydrogens (tertiary/aromatic N) is 3. The first-order valence-electron chi connectivity index (χ1n) is 8.13. The minimum Gasteiger partial charge on any atom is -0.361 e. The number of fused-ring (bicyclic) bond motifs is 1. The summed E-state index contributed by atoms with van der Waals surface area (Å²) in [6.07, 6.45) is 4.87. The van der Waals surface area contributed by atoms with Crippen LogP contribution in [0.4, 0.5) is 0 Å². The quantitative estimate of drug-likeness (QED) is 0.502. The zero-order valence-electron chi connectivity index (χ0n) is 15.1. The van der Waals surface area contributed by atoms with Crippen molar-refractivity contribution < 1.29 is 4.74 Å². The van der Waals surface area contributed by atoms with Gasteiger partial charge < -0.3 is 9.30 Å². The molecule has 23 heavy (non-hydrogen) atoms. The normalized spacial score (nSPS) is 13.0. The molecule has 0 unspecified atom stereocenters. The number of aromatic nitrogens is 3. The second-order valence-electron chi connectivity index (χ2n) is 8.57.